The molecule has 8 heteroatoms. The quantitative estimate of drug-likeness (QED) is 0.534. The average Bonchev–Trinajstić information content (AvgIpc) is 2.51. The molecule has 0 bridgehead atoms. The van der Waals surface area contributed by atoms with E-state index >= 15 is 0 Å². The second-order valence-corrected chi connectivity index (χ2v) is 6.57. The van der Waals surface area contributed by atoms with Gasteiger partial charge in [-0.15, -0.1) is 0 Å². The second-order valence-electron chi connectivity index (χ2n) is 5.61. The van der Waals surface area contributed by atoms with Crippen LogP contribution in [0.5, 0.6) is 0 Å². The molecule has 2 aromatic rings. The van der Waals surface area contributed by atoms with Crippen molar-refractivity contribution >= 4 is 29.3 Å². The number of rotatable bonds is 6. The molecule has 2 rings (SSSR count). The normalized spacial score (nSPS) is 10.4. The number of hydrogen-bond acceptors (Lipinski definition) is 5. The zero-order chi connectivity index (χ0) is 18.4. The van der Waals surface area contributed by atoms with Gasteiger partial charge in [-0.25, -0.2) is 4.98 Å². The molecule has 0 aliphatic carbocycles. The van der Waals surface area contributed by atoms with E-state index in [9.17, 15) is 14.4 Å². The second kappa shape index (κ2) is 8.48. The number of likely N-dealkylation sites (N-methyl/N-ethyl adjacent to an activating group) is 1. The Labute approximate surface area is 149 Å². The van der Waals surface area contributed by atoms with Crippen LogP contribution in [0, 0.1) is 13.8 Å². The van der Waals surface area contributed by atoms with Gasteiger partial charge in [-0.05, 0) is 37.1 Å². The Morgan fingerprint density at radius 2 is 1.80 bits per heavy atom. The molecule has 0 radical (unpaired) electrons. The fourth-order valence-corrected chi connectivity index (χ4v) is 2.97. The van der Waals surface area contributed by atoms with E-state index in [2.05, 4.69) is 20.6 Å². The lowest BCUT2D eigenvalue weighted by Gasteiger charge is -2.07. The summed E-state index contributed by atoms with van der Waals surface area (Å²) in [6, 6.07) is 7.07. The van der Waals surface area contributed by atoms with Crippen LogP contribution in [0.25, 0.3) is 0 Å². The first-order chi connectivity index (χ1) is 11.9. The van der Waals surface area contributed by atoms with Gasteiger partial charge in [-0.2, -0.15) is 0 Å². The Kier molecular flexibility index (Phi) is 6.35. The fraction of sp³-hybridized carbons (Fsp3) is 0.294. The molecule has 1 aromatic heterocycles. The highest BCUT2D eigenvalue weighted by molar-refractivity contribution is 7.99. The van der Waals surface area contributed by atoms with Crippen molar-refractivity contribution in [3.05, 3.63) is 51.4 Å². The number of aryl methyl sites for hydroxylation is 2. The van der Waals surface area contributed by atoms with E-state index in [1.807, 2.05) is 32.0 Å². The summed E-state index contributed by atoms with van der Waals surface area (Å²) < 4.78 is 0. The van der Waals surface area contributed by atoms with E-state index in [-0.39, 0.29) is 29.5 Å². The van der Waals surface area contributed by atoms with E-state index in [4.69, 9.17) is 0 Å². The number of H-pyrrole nitrogens is 1. The van der Waals surface area contributed by atoms with Crippen LogP contribution in [0.15, 0.2) is 34.2 Å². The molecule has 1 aromatic carbocycles. The number of nitrogens with one attached hydrogen (secondary N) is 3. The number of aromatic nitrogens is 2. The maximum absolute atomic E-state index is 12.1. The molecule has 25 heavy (non-hydrogen) atoms. The van der Waals surface area contributed by atoms with Gasteiger partial charge in [0.1, 0.15) is 0 Å². The topological polar surface area (TPSA) is 104 Å². The van der Waals surface area contributed by atoms with Crippen LogP contribution in [0.3, 0.4) is 0 Å². The lowest BCUT2D eigenvalue weighted by atomic mass is 10.1. The smallest absolute Gasteiger partial charge is 0.251 e. The maximum atomic E-state index is 12.1. The standard InChI is InChI=1S/C17H20N4O3S/c1-10-4-11(2)6-12(5-10)19-16(24)9-25-17-20-13(7-14(22)18-3)8-15(23)21-17/h4-6,8H,7,9H2,1-3H3,(H,18,22)(H,19,24)(H,20,21,23). The third kappa shape index (κ3) is 6.07. The molecule has 2 amide bonds. The molecule has 0 saturated heterocycles. The third-order valence-electron chi connectivity index (χ3n) is 3.24. The van der Waals surface area contributed by atoms with Crippen LogP contribution in [-0.2, 0) is 16.0 Å². The van der Waals surface area contributed by atoms with Crippen LogP contribution in [-0.4, -0.2) is 34.6 Å². The monoisotopic (exact) mass is 360 g/mol. The van der Waals surface area contributed by atoms with Crippen molar-refractivity contribution in [1.82, 2.24) is 15.3 Å². The summed E-state index contributed by atoms with van der Waals surface area (Å²) in [7, 11) is 1.52. The van der Waals surface area contributed by atoms with Gasteiger partial charge in [0, 0.05) is 18.8 Å². The van der Waals surface area contributed by atoms with E-state index in [1.165, 1.54) is 13.1 Å². The van der Waals surface area contributed by atoms with Gasteiger partial charge in [-0.1, -0.05) is 17.8 Å². The minimum atomic E-state index is -0.355. The number of anilines is 1. The first-order valence-electron chi connectivity index (χ1n) is 7.67. The zero-order valence-electron chi connectivity index (χ0n) is 14.3. The first-order valence-corrected chi connectivity index (χ1v) is 8.66. The molecule has 0 aliphatic heterocycles. The Bertz CT molecular complexity index is 828. The van der Waals surface area contributed by atoms with Crippen molar-refractivity contribution in [3.63, 3.8) is 0 Å². The van der Waals surface area contributed by atoms with E-state index < -0.39 is 0 Å². The summed E-state index contributed by atoms with van der Waals surface area (Å²) in [4.78, 5) is 41.9. The molecule has 0 aliphatic rings. The first kappa shape index (κ1) is 18.7. The van der Waals surface area contributed by atoms with E-state index in [0.717, 1.165) is 28.6 Å². The number of hydrogen-bond donors (Lipinski definition) is 3. The van der Waals surface area contributed by atoms with Crippen molar-refractivity contribution in [2.45, 2.75) is 25.4 Å². The molecule has 0 spiro atoms. The average molecular weight is 360 g/mol. The number of nitrogens with zero attached hydrogens (tertiary/aromatic N) is 1. The zero-order valence-corrected chi connectivity index (χ0v) is 15.1. The Hall–Kier alpha value is -2.61. The van der Waals surface area contributed by atoms with Crippen LogP contribution in [0.1, 0.15) is 16.8 Å². The molecule has 0 fully saturated rings. The van der Waals surface area contributed by atoms with E-state index in [1.54, 1.807) is 0 Å². The molecule has 132 valence electrons. The molecule has 0 saturated carbocycles. The molecule has 1 heterocycles. The summed E-state index contributed by atoms with van der Waals surface area (Å²) in [6.07, 6.45) is 0.0166. The fourth-order valence-electron chi connectivity index (χ4n) is 2.27. The summed E-state index contributed by atoms with van der Waals surface area (Å²) in [5, 5.41) is 5.60. The minimum Gasteiger partial charge on any atom is -0.359 e. The Balaban J connectivity index is 1.99. The number of thioether (sulfide) groups is 1. The van der Waals surface area contributed by atoms with Gasteiger partial charge in [0.25, 0.3) is 5.56 Å². The van der Waals surface area contributed by atoms with Crippen LogP contribution >= 0.6 is 11.8 Å². The molecular weight excluding hydrogens is 340 g/mol. The van der Waals surface area contributed by atoms with Crippen LogP contribution in [0.2, 0.25) is 0 Å². The number of aromatic amines is 1. The number of carbonyl (C=O) groups excluding carboxylic acids is 2. The van der Waals surface area contributed by atoms with Gasteiger partial charge >= 0.3 is 0 Å². The van der Waals surface area contributed by atoms with Crippen molar-refractivity contribution < 1.29 is 9.59 Å². The minimum absolute atomic E-state index is 0.0166. The molecule has 0 unspecified atom stereocenters. The molecule has 7 nitrogen and oxygen atoms in total. The van der Waals surface area contributed by atoms with Crippen molar-refractivity contribution in [3.8, 4) is 0 Å². The van der Waals surface area contributed by atoms with Crippen molar-refractivity contribution in [2.75, 3.05) is 18.1 Å². The molecular formula is C17H20N4O3S. The highest BCUT2D eigenvalue weighted by Gasteiger charge is 2.09. The predicted octanol–water partition coefficient (Wildman–Crippen LogP) is 1.41. The third-order valence-corrected chi connectivity index (χ3v) is 4.11. The molecule has 3 N–H and O–H groups in total. The number of benzene rings is 1. The van der Waals surface area contributed by atoms with Gasteiger partial charge in [0.2, 0.25) is 11.8 Å². The lowest BCUT2D eigenvalue weighted by molar-refractivity contribution is -0.120. The SMILES string of the molecule is CNC(=O)Cc1cc(=O)[nH]c(SCC(=O)Nc2cc(C)cc(C)c2)n1. The van der Waals surface area contributed by atoms with Crippen LogP contribution < -0.4 is 16.2 Å². The summed E-state index contributed by atoms with van der Waals surface area (Å²) in [6.45, 7) is 3.92. The van der Waals surface area contributed by atoms with Crippen molar-refractivity contribution in [2.24, 2.45) is 0 Å². The number of carbonyl (C=O) groups is 2. The highest BCUT2D eigenvalue weighted by Crippen LogP contribution is 2.16. The Morgan fingerprint density at radius 3 is 2.44 bits per heavy atom. The van der Waals surface area contributed by atoms with Gasteiger partial charge in [-0.3, -0.25) is 14.4 Å². The molecule has 0 atom stereocenters. The largest absolute Gasteiger partial charge is 0.359 e. The predicted molar refractivity (Wildman–Crippen MR) is 97.9 cm³/mol. The van der Waals surface area contributed by atoms with E-state index in [0.29, 0.717) is 10.9 Å². The maximum Gasteiger partial charge on any atom is 0.251 e. The lowest BCUT2D eigenvalue weighted by Crippen LogP contribution is -2.22. The summed E-state index contributed by atoms with van der Waals surface area (Å²) >= 11 is 1.11. The van der Waals surface area contributed by atoms with Crippen LogP contribution in [0.4, 0.5) is 5.69 Å². The summed E-state index contributed by atoms with van der Waals surface area (Å²) in [5.41, 5.74) is 2.87. The van der Waals surface area contributed by atoms with Crippen molar-refractivity contribution in [1.29, 1.82) is 0 Å². The Morgan fingerprint density at radius 1 is 1.12 bits per heavy atom. The number of amides is 2. The van der Waals surface area contributed by atoms with Gasteiger partial charge in [0.05, 0.1) is 17.9 Å². The van der Waals surface area contributed by atoms with Gasteiger partial charge in [0.15, 0.2) is 5.16 Å². The highest BCUT2D eigenvalue weighted by atomic mass is 32.2. The van der Waals surface area contributed by atoms with Gasteiger partial charge < -0.3 is 15.6 Å². The summed E-state index contributed by atoms with van der Waals surface area (Å²) in [5.74, 6) is -0.338.